The van der Waals surface area contributed by atoms with Gasteiger partial charge in [0.1, 0.15) is 5.01 Å². The first kappa shape index (κ1) is 9.86. The molecule has 1 aliphatic heterocycles. The van der Waals surface area contributed by atoms with Gasteiger partial charge < -0.3 is 10.2 Å². The summed E-state index contributed by atoms with van der Waals surface area (Å²) >= 11 is 1.64. The van der Waals surface area contributed by atoms with Crippen LogP contribution >= 0.6 is 11.3 Å². The maximum absolute atomic E-state index is 4.07. The van der Waals surface area contributed by atoms with Crippen molar-refractivity contribution in [2.45, 2.75) is 25.8 Å². The number of hydrogen-bond acceptors (Lipinski definition) is 5. The zero-order valence-corrected chi connectivity index (χ0v) is 9.47. The summed E-state index contributed by atoms with van der Waals surface area (Å²) in [6.07, 6.45) is 2.41. The minimum absolute atomic E-state index is 0.582. The molecule has 1 N–H and O–H groups in total. The molecule has 1 aromatic rings. The molecule has 0 unspecified atom stereocenters. The molecule has 0 amide bonds. The average molecular weight is 212 g/mol. The van der Waals surface area contributed by atoms with Gasteiger partial charge in [-0.3, -0.25) is 0 Å². The topological polar surface area (TPSA) is 41.1 Å². The summed E-state index contributed by atoms with van der Waals surface area (Å²) in [7, 11) is 2.17. The minimum Gasteiger partial charge on any atom is -0.357 e. The van der Waals surface area contributed by atoms with Crippen molar-refractivity contribution in [3.63, 3.8) is 0 Å². The lowest BCUT2D eigenvalue weighted by molar-refractivity contribution is 0.264. The van der Waals surface area contributed by atoms with E-state index in [2.05, 4.69) is 27.5 Å². The molecule has 14 heavy (non-hydrogen) atoms. The van der Waals surface area contributed by atoms with E-state index >= 15 is 0 Å². The van der Waals surface area contributed by atoms with Crippen LogP contribution in [0.25, 0.3) is 0 Å². The fourth-order valence-corrected chi connectivity index (χ4v) is 2.35. The number of aryl methyl sites for hydroxylation is 1. The fourth-order valence-electron chi connectivity index (χ4n) is 1.68. The van der Waals surface area contributed by atoms with Crippen LogP contribution < -0.4 is 5.32 Å². The molecule has 4 nitrogen and oxygen atoms in total. The van der Waals surface area contributed by atoms with E-state index in [-0.39, 0.29) is 0 Å². The maximum atomic E-state index is 4.07. The maximum Gasteiger partial charge on any atom is 0.205 e. The van der Waals surface area contributed by atoms with E-state index in [1.807, 2.05) is 6.92 Å². The van der Waals surface area contributed by atoms with Gasteiger partial charge in [-0.25, -0.2) is 0 Å². The normalized spacial score (nSPS) is 19.9. The highest BCUT2D eigenvalue weighted by Crippen LogP contribution is 2.18. The number of piperidine rings is 1. The third kappa shape index (κ3) is 2.42. The van der Waals surface area contributed by atoms with Crippen LogP contribution in [0.1, 0.15) is 17.8 Å². The molecular formula is C9H16N4S. The summed E-state index contributed by atoms with van der Waals surface area (Å²) in [5.74, 6) is 0. The van der Waals surface area contributed by atoms with Crippen LogP contribution in [0.15, 0.2) is 0 Å². The van der Waals surface area contributed by atoms with Crippen LogP contribution in [0.3, 0.4) is 0 Å². The van der Waals surface area contributed by atoms with Gasteiger partial charge in [-0.1, -0.05) is 11.3 Å². The molecule has 1 saturated heterocycles. The van der Waals surface area contributed by atoms with Crippen molar-refractivity contribution >= 4 is 16.5 Å². The quantitative estimate of drug-likeness (QED) is 0.803. The van der Waals surface area contributed by atoms with Crippen molar-refractivity contribution in [2.75, 3.05) is 25.5 Å². The number of nitrogens with zero attached hydrogens (tertiary/aromatic N) is 3. The largest absolute Gasteiger partial charge is 0.357 e. The first-order valence-electron chi connectivity index (χ1n) is 4.99. The Bertz CT molecular complexity index is 291. The van der Waals surface area contributed by atoms with E-state index in [1.54, 1.807) is 11.3 Å². The van der Waals surface area contributed by atoms with Crippen LogP contribution in [0, 0.1) is 6.92 Å². The molecule has 78 valence electrons. The number of nitrogens with one attached hydrogen (secondary N) is 1. The molecule has 1 aromatic heterocycles. The summed E-state index contributed by atoms with van der Waals surface area (Å²) in [4.78, 5) is 2.36. The standard InChI is InChI=1S/C9H16N4S/c1-7-11-12-9(14-7)10-8-3-5-13(2)6-4-8/h8H,3-6H2,1-2H3,(H,10,12). The van der Waals surface area contributed by atoms with Crippen molar-refractivity contribution in [1.82, 2.24) is 15.1 Å². The highest BCUT2D eigenvalue weighted by molar-refractivity contribution is 7.15. The molecule has 0 radical (unpaired) electrons. The van der Waals surface area contributed by atoms with Crippen molar-refractivity contribution in [2.24, 2.45) is 0 Å². The first-order chi connectivity index (χ1) is 6.74. The van der Waals surface area contributed by atoms with E-state index < -0.39 is 0 Å². The molecule has 0 aromatic carbocycles. The molecule has 0 saturated carbocycles. The highest BCUT2D eigenvalue weighted by Gasteiger charge is 2.17. The summed E-state index contributed by atoms with van der Waals surface area (Å²) < 4.78 is 0. The van der Waals surface area contributed by atoms with Gasteiger partial charge in [0.05, 0.1) is 0 Å². The summed E-state index contributed by atoms with van der Waals surface area (Å²) in [6.45, 7) is 4.34. The molecule has 5 heteroatoms. The average Bonchev–Trinajstić information content (AvgIpc) is 2.56. The van der Waals surface area contributed by atoms with Gasteiger partial charge in [0.25, 0.3) is 0 Å². The van der Waals surface area contributed by atoms with Crippen LogP contribution in [-0.4, -0.2) is 41.3 Å². The van der Waals surface area contributed by atoms with Gasteiger partial charge in [0.15, 0.2) is 0 Å². The molecule has 2 rings (SSSR count). The van der Waals surface area contributed by atoms with Crippen molar-refractivity contribution in [3.05, 3.63) is 5.01 Å². The molecule has 0 aliphatic carbocycles. The van der Waals surface area contributed by atoms with E-state index in [4.69, 9.17) is 0 Å². The van der Waals surface area contributed by atoms with Crippen LogP contribution in [0.5, 0.6) is 0 Å². The first-order valence-corrected chi connectivity index (χ1v) is 5.81. The monoisotopic (exact) mass is 212 g/mol. The van der Waals surface area contributed by atoms with Gasteiger partial charge in [-0.15, -0.1) is 10.2 Å². The van der Waals surface area contributed by atoms with Crippen molar-refractivity contribution in [1.29, 1.82) is 0 Å². The summed E-state index contributed by atoms with van der Waals surface area (Å²) in [5.41, 5.74) is 0. The molecule has 1 aliphatic rings. The van der Waals surface area contributed by atoms with Gasteiger partial charge in [0, 0.05) is 6.04 Å². The number of rotatable bonds is 2. The second kappa shape index (κ2) is 4.23. The van der Waals surface area contributed by atoms with Gasteiger partial charge in [-0.2, -0.15) is 0 Å². The Morgan fingerprint density at radius 2 is 2.07 bits per heavy atom. The van der Waals surface area contributed by atoms with E-state index in [1.165, 1.54) is 25.9 Å². The Balaban J connectivity index is 1.86. The van der Waals surface area contributed by atoms with Gasteiger partial charge in [0.2, 0.25) is 5.13 Å². The predicted octanol–water partition coefficient (Wildman–Crippen LogP) is 1.35. The number of hydrogen-bond donors (Lipinski definition) is 1. The Labute approximate surface area is 88.3 Å². The van der Waals surface area contributed by atoms with E-state index in [0.717, 1.165) is 10.1 Å². The zero-order valence-electron chi connectivity index (χ0n) is 8.66. The Kier molecular flexibility index (Phi) is 2.98. The SMILES string of the molecule is Cc1nnc(NC2CCN(C)CC2)s1. The number of anilines is 1. The molecule has 0 atom stereocenters. The summed E-state index contributed by atoms with van der Waals surface area (Å²) in [5, 5.41) is 13.5. The zero-order chi connectivity index (χ0) is 9.97. The molecule has 2 heterocycles. The highest BCUT2D eigenvalue weighted by atomic mass is 32.1. The Morgan fingerprint density at radius 1 is 1.36 bits per heavy atom. The molecule has 0 bridgehead atoms. The minimum atomic E-state index is 0.582. The molecule has 1 fully saturated rings. The van der Waals surface area contributed by atoms with Crippen LogP contribution in [0.2, 0.25) is 0 Å². The van der Waals surface area contributed by atoms with Crippen LogP contribution in [-0.2, 0) is 0 Å². The number of likely N-dealkylation sites (tertiary alicyclic amines) is 1. The smallest absolute Gasteiger partial charge is 0.205 e. The lowest BCUT2D eigenvalue weighted by Crippen LogP contribution is -2.36. The predicted molar refractivity (Wildman–Crippen MR) is 58.8 cm³/mol. The van der Waals surface area contributed by atoms with Gasteiger partial charge in [-0.05, 0) is 39.9 Å². The Hall–Kier alpha value is -0.680. The lowest BCUT2D eigenvalue weighted by Gasteiger charge is -2.29. The van der Waals surface area contributed by atoms with Crippen molar-refractivity contribution < 1.29 is 0 Å². The second-order valence-corrected chi connectivity index (χ2v) is 5.03. The second-order valence-electron chi connectivity index (χ2n) is 3.85. The van der Waals surface area contributed by atoms with Crippen molar-refractivity contribution in [3.8, 4) is 0 Å². The summed E-state index contributed by atoms with van der Waals surface area (Å²) in [6, 6.07) is 0.582. The van der Waals surface area contributed by atoms with Crippen LogP contribution in [0.4, 0.5) is 5.13 Å². The number of aromatic nitrogens is 2. The molecular weight excluding hydrogens is 196 g/mol. The van der Waals surface area contributed by atoms with E-state index in [9.17, 15) is 0 Å². The third-order valence-corrected chi connectivity index (χ3v) is 3.34. The van der Waals surface area contributed by atoms with Gasteiger partial charge >= 0.3 is 0 Å². The fraction of sp³-hybridized carbons (Fsp3) is 0.778. The third-order valence-electron chi connectivity index (χ3n) is 2.57. The lowest BCUT2D eigenvalue weighted by atomic mass is 10.1. The Morgan fingerprint density at radius 3 is 2.64 bits per heavy atom. The molecule has 0 spiro atoms. The van der Waals surface area contributed by atoms with E-state index in [0.29, 0.717) is 6.04 Å².